The number of nitrogens with zero attached hydrogens (tertiary/aromatic N) is 1. The number of rotatable bonds is 3. The van der Waals surface area contributed by atoms with E-state index in [2.05, 4.69) is 4.99 Å². The summed E-state index contributed by atoms with van der Waals surface area (Å²) < 4.78 is 64.1. The van der Waals surface area contributed by atoms with Gasteiger partial charge < -0.3 is 0 Å². The number of thioether (sulfide) groups is 1. The molecule has 0 bridgehead atoms. The Labute approximate surface area is 111 Å². The summed E-state index contributed by atoms with van der Waals surface area (Å²) in [4.78, 5) is 3.84. The molecule has 1 nitrogen and oxygen atoms in total. The molecule has 0 atom stereocenters. The smallest absolute Gasteiger partial charge is 0.260 e. The predicted octanol–water partition coefficient (Wildman–Crippen LogP) is 4.74. The normalized spacial score (nSPS) is 13.3. The van der Waals surface area contributed by atoms with Gasteiger partial charge in [-0.15, -0.1) is 11.8 Å². The number of aliphatic imine (C=N–C) groups is 1. The summed E-state index contributed by atoms with van der Waals surface area (Å²) in [5.74, 6) is -3.46. The fraction of sp³-hybridized carbons (Fsp3) is 0.250. The summed E-state index contributed by atoms with van der Waals surface area (Å²) in [7, 11) is 0. The monoisotopic (exact) mass is 295 g/mol. The third-order valence-electron chi connectivity index (χ3n) is 2.13. The maximum absolute atomic E-state index is 13.3. The average Bonchev–Trinajstić information content (AvgIpc) is 2.30. The summed E-state index contributed by atoms with van der Waals surface area (Å²) in [5.41, 5.74) is -1.63. The molecule has 0 aliphatic carbocycles. The number of halogens is 5. The van der Waals surface area contributed by atoms with Crippen molar-refractivity contribution in [3.8, 4) is 0 Å². The molecule has 1 aromatic carbocycles. The van der Waals surface area contributed by atoms with Crippen molar-refractivity contribution in [3.05, 3.63) is 40.3 Å². The Morgan fingerprint density at radius 2 is 1.89 bits per heavy atom. The van der Waals surface area contributed by atoms with Crippen LogP contribution in [0.15, 0.2) is 22.5 Å². The van der Waals surface area contributed by atoms with Crippen LogP contribution in [-0.4, -0.2) is 12.5 Å². The second-order valence-electron chi connectivity index (χ2n) is 3.44. The maximum atomic E-state index is 13.3. The fourth-order valence-electron chi connectivity index (χ4n) is 1.37. The van der Waals surface area contributed by atoms with E-state index in [0.29, 0.717) is 12.1 Å². The van der Waals surface area contributed by atoms with E-state index < -0.39 is 23.4 Å². The Kier molecular flexibility index (Phi) is 5.11. The molecule has 0 amide bonds. The molecule has 0 aliphatic rings. The Balaban J connectivity index is 3.46. The van der Waals surface area contributed by atoms with Gasteiger partial charge in [0.2, 0.25) is 0 Å². The summed E-state index contributed by atoms with van der Waals surface area (Å²) in [6.45, 7) is 1.57. The van der Waals surface area contributed by atoms with Crippen LogP contribution in [0.1, 0.15) is 18.1 Å². The Morgan fingerprint density at radius 3 is 2.37 bits per heavy atom. The highest BCUT2D eigenvalue weighted by molar-refractivity contribution is 8.01. The lowest BCUT2D eigenvalue weighted by molar-refractivity contribution is -0.140. The highest BCUT2D eigenvalue weighted by atomic mass is 32.2. The van der Waals surface area contributed by atoms with Crippen molar-refractivity contribution < 1.29 is 22.0 Å². The van der Waals surface area contributed by atoms with Gasteiger partial charge in [-0.1, -0.05) is 0 Å². The van der Waals surface area contributed by atoms with Crippen molar-refractivity contribution in [1.29, 1.82) is 0 Å². The van der Waals surface area contributed by atoms with Crippen LogP contribution in [0.5, 0.6) is 0 Å². The van der Waals surface area contributed by atoms with Crippen molar-refractivity contribution in [1.82, 2.24) is 0 Å². The van der Waals surface area contributed by atoms with E-state index in [9.17, 15) is 22.0 Å². The molecule has 1 rings (SSSR count). The predicted molar refractivity (Wildman–Crippen MR) is 67.0 cm³/mol. The quantitative estimate of drug-likeness (QED) is 0.580. The first-order valence-electron chi connectivity index (χ1n) is 5.09. The molecule has 0 spiro atoms. The van der Waals surface area contributed by atoms with Gasteiger partial charge in [-0.3, -0.25) is 4.99 Å². The molecule has 0 saturated heterocycles. The van der Waals surface area contributed by atoms with E-state index in [1.807, 2.05) is 0 Å². The molecular weight excluding hydrogens is 285 g/mol. The second kappa shape index (κ2) is 6.18. The zero-order chi connectivity index (χ0) is 14.6. The van der Waals surface area contributed by atoms with E-state index in [4.69, 9.17) is 0 Å². The first-order chi connectivity index (χ1) is 8.81. The van der Waals surface area contributed by atoms with E-state index in [-0.39, 0.29) is 11.3 Å². The minimum absolute atomic E-state index is 0.126. The van der Waals surface area contributed by atoms with Gasteiger partial charge in [0.15, 0.2) is 11.6 Å². The lowest BCUT2D eigenvalue weighted by atomic mass is 10.1. The van der Waals surface area contributed by atoms with Crippen molar-refractivity contribution >= 4 is 23.7 Å². The van der Waals surface area contributed by atoms with E-state index in [1.165, 1.54) is 23.4 Å². The standard InChI is InChI=1S/C12H10F5NS/c1-3-18-10(6-19-2)7-4-8(12(15,16)17)11(14)9(13)5-7/h3-6H,1-2H3/b10-6-,18-3?. The molecule has 1 aromatic rings. The van der Waals surface area contributed by atoms with Gasteiger partial charge in [-0.25, -0.2) is 8.78 Å². The number of alkyl halides is 3. The maximum Gasteiger partial charge on any atom is 0.419 e. The summed E-state index contributed by atoms with van der Waals surface area (Å²) >= 11 is 1.19. The van der Waals surface area contributed by atoms with Crippen LogP contribution in [0.4, 0.5) is 22.0 Å². The molecular formula is C12H10F5NS. The highest BCUT2D eigenvalue weighted by Gasteiger charge is 2.36. The van der Waals surface area contributed by atoms with Crippen LogP contribution in [0.25, 0.3) is 5.70 Å². The van der Waals surface area contributed by atoms with Crippen LogP contribution in [-0.2, 0) is 6.18 Å². The van der Waals surface area contributed by atoms with Crippen LogP contribution in [0.3, 0.4) is 0 Å². The number of hydrogen-bond acceptors (Lipinski definition) is 2. The molecule has 0 heterocycles. The highest BCUT2D eigenvalue weighted by Crippen LogP contribution is 2.34. The number of hydrogen-bond donors (Lipinski definition) is 0. The minimum Gasteiger partial charge on any atom is -0.260 e. The molecule has 0 aromatic heterocycles. The van der Waals surface area contributed by atoms with Crippen LogP contribution in [0, 0.1) is 11.6 Å². The Morgan fingerprint density at radius 1 is 1.26 bits per heavy atom. The summed E-state index contributed by atoms with van der Waals surface area (Å²) in [6.07, 6.45) is -1.92. The second-order valence-corrected chi connectivity index (χ2v) is 4.15. The first-order valence-corrected chi connectivity index (χ1v) is 6.38. The molecule has 104 valence electrons. The average molecular weight is 295 g/mol. The fourth-order valence-corrected chi connectivity index (χ4v) is 1.79. The Hall–Kier alpha value is -1.37. The third-order valence-corrected chi connectivity index (χ3v) is 2.59. The first kappa shape index (κ1) is 15.7. The van der Waals surface area contributed by atoms with Crippen molar-refractivity contribution in [2.24, 2.45) is 4.99 Å². The van der Waals surface area contributed by atoms with Gasteiger partial charge in [0.25, 0.3) is 0 Å². The van der Waals surface area contributed by atoms with Gasteiger partial charge in [0.1, 0.15) is 0 Å². The molecule has 0 fully saturated rings. The lowest BCUT2D eigenvalue weighted by Crippen LogP contribution is -2.10. The van der Waals surface area contributed by atoms with E-state index in [1.54, 1.807) is 13.2 Å². The number of benzene rings is 1. The van der Waals surface area contributed by atoms with Gasteiger partial charge in [-0.05, 0) is 30.7 Å². The zero-order valence-corrected chi connectivity index (χ0v) is 10.9. The Bertz CT molecular complexity index is 520. The molecule has 0 radical (unpaired) electrons. The molecule has 0 unspecified atom stereocenters. The molecule has 19 heavy (non-hydrogen) atoms. The van der Waals surface area contributed by atoms with Crippen molar-refractivity contribution in [2.45, 2.75) is 13.1 Å². The third kappa shape index (κ3) is 3.79. The molecule has 0 N–H and O–H groups in total. The largest absolute Gasteiger partial charge is 0.419 e. The SMILES string of the molecule is CC=N/C(=C\SC)c1cc(F)c(F)c(C(F)(F)F)c1. The van der Waals surface area contributed by atoms with Crippen LogP contribution < -0.4 is 0 Å². The molecule has 0 saturated carbocycles. The van der Waals surface area contributed by atoms with Gasteiger partial charge in [0, 0.05) is 11.8 Å². The van der Waals surface area contributed by atoms with Gasteiger partial charge >= 0.3 is 6.18 Å². The molecule has 0 aliphatic heterocycles. The van der Waals surface area contributed by atoms with Gasteiger partial charge in [-0.2, -0.15) is 13.2 Å². The zero-order valence-electron chi connectivity index (χ0n) is 10.1. The minimum atomic E-state index is -4.96. The van der Waals surface area contributed by atoms with Crippen molar-refractivity contribution in [3.63, 3.8) is 0 Å². The lowest BCUT2D eigenvalue weighted by Gasteiger charge is -2.11. The topological polar surface area (TPSA) is 12.4 Å². The molecule has 7 heteroatoms. The van der Waals surface area contributed by atoms with Crippen LogP contribution >= 0.6 is 11.8 Å². The van der Waals surface area contributed by atoms with Crippen LogP contribution in [0.2, 0.25) is 0 Å². The summed E-state index contributed by atoms with van der Waals surface area (Å²) in [6, 6.07) is 1.24. The van der Waals surface area contributed by atoms with Crippen molar-refractivity contribution in [2.75, 3.05) is 6.26 Å². The van der Waals surface area contributed by atoms with Gasteiger partial charge in [0.05, 0.1) is 11.3 Å². The van der Waals surface area contributed by atoms with E-state index >= 15 is 0 Å². The summed E-state index contributed by atoms with van der Waals surface area (Å²) in [5, 5.41) is 1.45. The van der Waals surface area contributed by atoms with E-state index in [0.717, 1.165) is 0 Å².